The third-order valence-electron chi connectivity index (χ3n) is 4.07. The first-order chi connectivity index (χ1) is 12.1. The van der Waals surface area contributed by atoms with E-state index in [-0.39, 0.29) is 18.3 Å². The number of carbonyl (C=O) groups excluding carboxylic acids is 1. The number of aliphatic imine (C=N–C) groups is 1. The van der Waals surface area contributed by atoms with Crippen molar-refractivity contribution in [2.24, 2.45) is 4.99 Å². The number of nitrogens with one attached hydrogen (secondary N) is 1. The minimum atomic E-state index is -0.374. The molecule has 0 aliphatic carbocycles. The molecule has 2 aromatic carbocycles. The second-order valence-electron chi connectivity index (χ2n) is 5.71. The molecule has 1 aliphatic heterocycles. The number of carbonyl (C=O) groups is 1. The van der Waals surface area contributed by atoms with Crippen molar-refractivity contribution in [3.8, 4) is 0 Å². The molecule has 0 aromatic heterocycles. The number of halogens is 2. The molecule has 0 atom stereocenters. The zero-order valence-corrected chi connectivity index (χ0v) is 14.7. The second-order valence-corrected chi connectivity index (χ2v) is 6.14. The molecule has 1 aliphatic rings. The molecule has 1 heterocycles. The van der Waals surface area contributed by atoms with Crippen LogP contribution in [0, 0.1) is 5.82 Å². The summed E-state index contributed by atoms with van der Waals surface area (Å²) in [7, 11) is 0. The Bertz CT molecular complexity index is 822. The van der Waals surface area contributed by atoms with Crippen molar-refractivity contribution in [1.29, 1.82) is 0 Å². The van der Waals surface area contributed by atoms with Crippen molar-refractivity contribution < 1.29 is 9.18 Å². The average molecular weight is 360 g/mol. The van der Waals surface area contributed by atoms with E-state index in [1.807, 2.05) is 6.92 Å². The molecule has 0 radical (unpaired) electrons. The van der Waals surface area contributed by atoms with Crippen molar-refractivity contribution in [3.05, 3.63) is 64.4 Å². The SMILES string of the molecule is CCNCCN1C(=O)CN=C(c2ccccc2F)c2cc(Cl)ccc21. The monoisotopic (exact) mass is 359 g/mol. The number of amides is 1. The smallest absolute Gasteiger partial charge is 0.248 e. The van der Waals surface area contributed by atoms with Crippen molar-refractivity contribution in [2.75, 3.05) is 31.1 Å². The van der Waals surface area contributed by atoms with Gasteiger partial charge in [-0.05, 0) is 36.9 Å². The fourth-order valence-corrected chi connectivity index (χ4v) is 3.05. The quantitative estimate of drug-likeness (QED) is 0.833. The van der Waals surface area contributed by atoms with Crippen LogP contribution in [0.4, 0.5) is 10.1 Å². The molecule has 0 unspecified atom stereocenters. The van der Waals surface area contributed by atoms with Gasteiger partial charge in [-0.3, -0.25) is 9.79 Å². The molecule has 130 valence electrons. The Morgan fingerprint density at radius 2 is 2.04 bits per heavy atom. The van der Waals surface area contributed by atoms with Crippen molar-refractivity contribution in [3.63, 3.8) is 0 Å². The molecule has 6 heteroatoms. The standard InChI is InChI=1S/C19H19ClFN3O/c1-2-22-9-10-24-17-8-7-13(20)11-15(17)19(23-12-18(24)25)14-5-3-4-6-16(14)21/h3-8,11,22H,2,9-10,12H2,1H3. The molecule has 0 spiro atoms. The molecule has 25 heavy (non-hydrogen) atoms. The molecule has 0 saturated heterocycles. The van der Waals surface area contributed by atoms with Gasteiger partial charge in [0.05, 0.1) is 11.4 Å². The van der Waals surface area contributed by atoms with Gasteiger partial charge in [0.15, 0.2) is 0 Å². The molecule has 0 saturated carbocycles. The summed E-state index contributed by atoms with van der Waals surface area (Å²) in [6, 6.07) is 11.7. The summed E-state index contributed by atoms with van der Waals surface area (Å²) in [5.74, 6) is -0.492. The zero-order chi connectivity index (χ0) is 17.8. The van der Waals surface area contributed by atoms with Gasteiger partial charge in [0.1, 0.15) is 12.4 Å². The van der Waals surface area contributed by atoms with Crippen molar-refractivity contribution in [2.45, 2.75) is 6.92 Å². The average Bonchev–Trinajstić information content (AvgIpc) is 2.73. The summed E-state index contributed by atoms with van der Waals surface area (Å²) in [4.78, 5) is 18.7. The van der Waals surface area contributed by atoms with Gasteiger partial charge in [0, 0.05) is 29.2 Å². The van der Waals surface area contributed by atoms with Crippen LogP contribution in [0.3, 0.4) is 0 Å². The highest BCUT2D eigenvalue weighted by Gasteiger charge is 2.26. The highest BCUT2D eigenvalue weighted by molar-refractivity contribution is 6.32. The Kier molecular flexibility index (Phi) is 5.46. The van der Waals surface area contributed by atoms with Crippen LogP contribution >= 0.6 is 11.6 Å². The van der Waals surface area contributed by atoms with E-state index in [0.29, 0.717) is 40.6 Å². The molecule has 3 rings (SSSR count). The predicted octanol–water partition coefficient (Wildman–Crippen LogP) is 3.27. The van der Waals surface area contributed by atoms with Crippen molar-refractivity contribution >= 4 is 28.9 Å². The zero-order valence-electron chi connectivity index (χ0n) is 13.9. The first kappa shape index (κ1) is 17.6. The molecule has 0 bridgehead atoms. The van der Waals surface area contributed by atoms with Gasteiger partial charge in [-0.15, -0.1) is 0 Å². The lowest BCUT2D eigenvalue weighted by Gasteiger charge is -2.23. The first-order valence-corrected chi connectivity index (χ1v) is 8.60. The molecule has 1 N–H and O–H groups in total. The number of likely N-dealkylation sites (N-methyl/N-ethyl adjacent to an activating group) is 1. The van der Waals surface area contributed by atoms with E-state index in [2.05, 4.69) is 10.3 Å². The Balaban J connectivity index is 2.09. The summed E-state index contributed by atoms with van der Waals surface area (Å²) >= 11 is 6.17. The number of fused-ring (bicyclic) bond motifs is 1. The van der Waals surface area contributed by atoms with Crippen LogP contribution in [-0.2, 0) is 4.79 Å². The number of nitrogens with zero attached hydrogens (tertiary/aromatic N) is 2. The summed E-state index contributed by atoms with van der Waals surface area (Å²) in [6.45, 7) is 3.99. The summed E-state index contributed by atoms with van der Waals surface area (Å²) in [5, 5.41) is 3.73. The molecular weight excluding hydrogens is 341 g/mol. The number of benzodiazepines with no additional fused rings is 1. The fraction of sp³-hybridized carbons (Fsp3) is 0.263. The van der Waals surface area contributed by atoms with E-state index in [0.717, 1.165) is 6.54 Å². The van der Waals surface area contributed by atoms with Gasteiger partial charge >= 0.3 is 0 Å². The molecule has 1 amide bonds. The van der Waals surface area contributed by atoms with Gasteiger partial charge in [-0.1, -0.05) is 30.7 Å². The number of anilines is 1. The van der Waals surface area contributed by atoms with E-state index < -0.39 is 0 Å². The van der Waals surface area contributed by atoms with Crippen LogP contribution in [0.2, 0.25) is 5.02 Å². The Hall–Kier alpha value is -2.24. The molecule has 4 nitrogen and oxygen atoms in total. The summed E-state index contributed by atoms with van der Waals surface area (Å²) < 4.78 is 14.3. The van der Waals surface area contributed by atoms with E-state index in [1.165, 1.54) is 6.07 Å². The number of hydrogen-bond acceptors (Lipinski definition) is 3. The molecule has 0 fully saturated rings. The van der Waals surface area contributed by atoms with Crippen LogP contribution in [0.5, 0.6) is 0 Å². The van der Waals surface area contributed by atoms with Gasteiger partial charge in [-0.2, -0.15) is 0 Å². The Morgan fingerprint density at radius 1 is 1.24 bits per heavy atom. The third kappa shape index (κ3) is 3.72. The number of benzene rings is 2. The lowest BCUT2D eigenvalue weighted by Crippen LogP contribution is -2.38. The Morgan fingerprint density at radius 3 is 2.80 bits per heavy atom. The number of hydrogen-bond donors (Lipinski definition) is 1. The summed E-state index contributed by atoms with van der Waals surface area (Å²) in [5.41, 5.74) is 2.19. The maximum Gasteiger partial charge on any atom is 0.248 e. The van der Waals surface area contributed by atoms with Crippen LogP contribution in [0.1, 0.15) is 18.1 Å². The van der Waals surface area contributed by atoms with Gasteiger partial charge in [0.2, 0.25) is 5.91 Å². The highest BCUT2D eigenvalue weighted by atomic mass is 35.5. The molecular formula is C19H19ClFN3O. The lowest BCUT2D eigenvalue weighted by molar-refractivity contribution is -0.117. The van der Waals surface area contributed by atoms with Gasteiger partial charge in [0.25, 0.3) is 0 Å². The van der Waals surface area contributed by atoms with Crippen LogP contribution < -0.4 is 10.2 Å². The Labute approximate surface area is 151 Å². The minimum absolute atomic E-state index is 0.0257. The van der Waals surface area contributed by atoms with Crippen molar-refractivity contribution in [1.82, 2.24) is 5.32 Å². The third-order valence-corrected chi connectivity index (χ3v) is 4.30. The largest absolute Gasteiger partial charge is 0.315 e. The predicted molar refractivity (Wildman–Crippen MR) is 99.3 cm³/mol. The van der Waals surface area contributed by atoms with E-state index in [4.69, 9.17) is 11.6 Å². The minimum Gasteiger partial charge on any atom is -0.315 e. The first-order valence-electron chi connectivity index (χ1n) is 8.22. The highest BCUT2D eigenvalue weighted by Crippen LogP contribution is 2.30. The van der Waals surface area contributed by atoms with Crippen LogP contribution in [-0.4, -0.2) is 37.8 Å². The maximum atomic E-state index is 14.3. The topological polar surface area (TPSA) is 44.7 Å². The maximum absolute atomic E-state index is 14.3. The van der Waals surface area contributed by atoms with Gasteiger partial charge < -0.3 is 10.2 Å². The lowest BCUT2D eigenvalue weighted by atomic mass is 9.99. The normalized spacial score (nSPS) is 14.1. The van der Waals surface area contributed by atoms with E-state index >= 15 is 0 Å². The summed E-state index contributed by atoms with van der Waals surface area (Å²) in [6.07, 6.45) is 0. The van der Waals surface area contributed by atoms with E-state index in [1.54, 1.807) is 41.3 Å². The second kappa shape index (κ2) is 7.76. The molecule has 2 aromatic rings. The number of rotatable bonds is 5. The van der Waals surface area contributed by atoms with Gasteiger partial charge in [-0.25, -0.2) is 4.39 Å². The van der Waals surface area contributed by atoms with Crippen LogP contribution in [0.25, 0.3) is 0 Å². The van der Waals surface area contributed by atoms with E-state index in [9.17, 15) is 9.18 Å². The fourth-order valence-electron chi connectivity index (χ4n) is 2.88. The van der Waals surface area contributed by atoms with Crippen LogP contribution in [0.15, 0.2) is 47.5 Å².